The van der Waals surface area contributed by atoms with Crippen LogP contribution in [0.2, 0.25) is 0 Å². The third-order valence-corrected chi connectivity index (χ3v) is 6.62. The van der Waals surface area contributed by atoms with Crippen LogP contribution in [0.5, 0.6) is 0 Å². The van der Waals surface area contributed by atoms with Gasteiger partial charge in [-0.25, -0.2) is 13.8 Å². The third-order valence-electron chi connectivity index (χ3n) is 6.62. The van der Waals surface area contributed by atoms with E-state index in [0.29, 0.717) is 42.8 Å². The van der Waals surface area contributed by atoms with E-state index in [1.807, 2.05) is 57.3 Å². The fourth-order valence-electron chi connectivity index (χ4n) is 4.43. The first-order chi connectivity index (χ1) is 17.5. The van der Waals surface area contributed by atoms with E-state index in [1.165, 1.54) is 0 Å². The fourth-order valence-corrected chi connectivity index (χ4v) is 4.43. The zero-order chi connectivity index (χ0) is 27.3. The van der Waals surface area contributed by atoms with Gasteiger partial charge in [0.05, 0.1) is 18.0 Å². The first-order valence-corrected chi connectivity index (χ1v) is 12.8. The number of rotatable bonds is 10. The van der Waals surface area contributed by atoms with Crippen LogP contribution in [-0.2, 0) is 13.0 Å². The Bertz CT molecular complexity index is 1300. The van der Waals surface area contributed by atoms with Crippen molar-refractivity contribution in [1.29, 1.82) is 0 Å². The van der Waals surface area contributed by atoms with Gasteiger partial charge in [-0.05, 0) is 78.5 Å². The average Bonchev–Trinajstić information content (AvgIpc) is 3.28. The highest BCUT2D eigenvalue weighted by atomic mass is 19.2. The lowest BCUT2D eigenvalue weighted by atomic mass is 9.84. The number of benzene rings is 1. The Morgan fingerprint density at radius 1 is 1.19 bits per heavy atom. The summed E-state index contributed by atoms with van der Waals surface area (Å²) in [6.45, 7) is 10.6. The zero-order valence-corrected chi connectivity index (χ0v) is 22.5. The lowest BCUT2D eigenvalue weighted by molar-refractivity contribution is 0.0928. The highest BCUT2D eigenvalue weighted by Gasteiger charge is 2.27. The molecule has 0 bridgehead atoms. The standard InChI is InChI=1S/C29H39F2N5O/c1-6-14-34-18(2)21(27(33)28(37)29(3,4)5)8-7-9-23-22(11-12-24(30)26(23)31)19-10-13-25-35-16-20(15-32)36(25)17-19/h10-13,16-17,28,37H,6-9,14-15,32-33H2,1-5H3/b27-21-,34-18?. The molecule has 2 aromatic heterocycles. The summed E-state index contributed by atoms with van der Waals surface area (Å²) in [5.41, 5.74) is 16.9. The van der Waals surface area contributed by atoms with E-state index in [2.05, 4.69) is 9.98 Å². The largest absolute Gasteiger partial charge is 0.400 e. The first-order valence-electron chi connectivity index (χ1n) is 12.8. The Hall–Kier alpha value is -3.10. The maximum atomic E-state index is 15.1. The summed E-state index contributed by atoms with van der Waals surface area (Å²) in [6, 6.07) is 6.45. The number of nitrogens with zero attached hydrogens (tertiary/aromatic N) is 3. The molecule has 0 spiro atoms. The minimum absolute atomic E-state index is 0.286. The molecule has 1 atom stereocenters. The van der Waals surface area contributed by atoms with Gasteiger partial charge >= 0.3 is 0 Å². The molecule has 0 aliphatic carbocycles. The molecule has 0 saturated carbocycles. The van der Waals surface area contributed by atoms with Crippen molar-refractivity contribution in [3.63, 3.8) is 0 Å². The average molecular weight is 512 g/mol. The molecule has 0 saturated heterocycles. The predicted molar refractivity (Wildman–Crippen MR) is 146 cm³/mol. The molecule has 2 heterocycles. The Kier molecular flexibility index (Phi) is 9.21. The van der Waals surface area contributed by atoms with Gasteiger partial charge in [0, 0.05) is 30.7 Å². The van der Waals surface area contributed by atoms with E-state index in [4.69, 9.17) is 11.5 Å². The van der Waals surface area contributed by atoms with E-state index in [1.54, 1.807) is 12.3 Å². The molecule has 6 nitrogen and oxygen atoms in total. The van der Waals surface area contributed by atoms with Crippen LogP contribution in [0, 0.1) is 17.0 Å². The summed E-state index contributed by atoms with van der Waals surface area (Å²) < 4.78 is 31.3. The SMILES string of the molecule is CCCN=C(C)/C(CCCc1c(-c2ccc3ncc(CN)n3c2)ccc(F)c1F)=C(\N)C(O)C(C)(C)C. The van der Waals surface area contributed by atoms with E-state index < -0.39 is 23.2 Å². The quantitative estimate of drug-likeness (QED) is 0.311. The molecule has 0 fully saturated rings. The summed E-state index contributed by atoms with van der Waals surface area (Å²) >= 11 is 0. The van der Waals surface area contributed by atoms with E-state index in [9.17, 15) is 9.50 Å². The van der Waals surface area contributed by atoms with Gasteiger partial charge in [0.15, 0.2) is 11.6 Å². The maximum absolute atomic E-state index is 15.1. The maximum Gasteiger partial charge on any atom is 0.162 e. The normalized spacial score (nSPS) is 14.2. The Labute approximate surface area is 218 Å². The number of allylic oxidation sites excluding steroid dienone is 1. The molecule has 0 radical (unpaired) electrons. The van der Waals surface area contributed by atoms with E-state index in [0.717, 1.165) is 40.7 Å². The molecule has 1 unspecified atom stereocenters. The van der Waals surface area contributed by atoms with Gasteiger partial charge in [-0.3, -0.25) is 4.99 Å². The van der Waals surface area contributed by atoms with Crippen molar-refractivity contribution < 1.29 is 13.9 Å². The first kappa shape index (κ1) is 28.5. The molecule has 8 heteroatoms. The molecule has 3 rings (SSSR count). The summed E-state index contributed by atoms with van der Waals surface area (Å²) in [5.74, 6) is -1.74. The van der Waals surface area contributed by atoms with Crippen molar-refractivity contribution >= 4 is 11.4 Å². The van der Waals surface area contributed by atoms with Crippen LogP contribution >= 0.6 is 0 Å². The Balaban J connectivity index is 1.96. The number of halogens is 2. The summed E-state index contributed by atoms with van der Waals surface area (Å²) in [6.07, 6.45) is 4.86. The number of hydrogen-bond donors (Lipinski definition) is 3. The molecule has 5 N–H and O–H groups in total. The molecule has 0 aliphatic heterocycles. The molecular weight excluding hydrogens is 472 g/mol. The van der Waals surface area contributed by atoms with Crippen LogP contribution in [-0.4, -0.2) is 32.9 Å². The monoisotopic (exact) mass is 511 g/mol. The lowest BCUT2D eigenvalue weighted by Gasteiger charge is -2.28. The van der Waals surface area contributed by atoms with Crippen LogP contribution < -0.4 is 11.5 Å². The van der Waals surface area contributed by atoms with E-state index in [-0.39, 0.29) is 6.42 Å². The fraction of sp³-hybridized carbons (Fsp3) is 0.448. The number of fused-ring (bicyclic) bond motifs is 1. The minimum Gasteiger partial charge on any atom is -0.400 e. The molecule has 37 heavy (non-hydrogen) atoms. The van der Waals surface area contributed by atoms with Gasteiger partial charge in [-0.2, -0.15) is 0 Å². The summed E-state index contributed by atoms with van der Waals surface area (Å²) in [5, 5.41) is 10.8. The highest BCUT2D eigenvalue weighted by Crippen LogP contribution is 2.31. The number of imidazole rings is 1. The van der Waals surface area contributed by atoms with Gasteiger partial charge in [-0.15, -0.1) is 0 Å². The number of aromatic nitrogens is 2. The lowest BCUT2D eigenvalue weighted by Crippen LogP contribution is -2.33. The number of aliphatic hydroxyl groups excluding tert-OH is 1. The van der Waals surface area contributed by atoms with Crippen LogP contribution in [0.3, 0.4) is 0 Å². The molecular formula is C29H39F2N5O. The minimum atomic E-state index is -0.885. The van der Waals surface area contributed by atoms with Crippen molar-refractivity contribution in [2.24, 2.45) is 21.9 Å². The number of aliphatic hydroxyl groups is 1. The van der Waals surface area contributed by atoms with Gasteiger partial charge in [0.25, 0.3) is 0 Å². The van der Waals surface area contributed by atoms with Crippen LogP contribution in [0.1, 0.15) is 65.1 Å². The van der Waals surface area contributed by atoms with Crippen LogP contribution in [0.4, 0.5) is 8.78 Å². The van der Waals surface area contributed by atoms with Gasteiger partial charge in [0.1, 0.15) is 5.65 Å². The summed E-state index contributed by atoms with van der Waals surface area (Å²) in [7, 11) is 0. The van der Waals surface area contributed by atoms with Crippen LogP contribution in [0.25, 0.3) is 16.8 Å². The second-order valence-corrected chi connectivity index (χ2v) is 10.5. The van der Waals surface area contributed by atoms with Crippen molar-refractivity contribution in [2.75, 3.05) is 6.54 Å². The second-order valence-electron chi connectivity index (χ2n) is 10.5. The second kappa shape index (κ2) is 12.0. The van der Waals surface area contributed by atoms with Crippen LogP contribution in [0.15, 0.2) is 52.9 Å². The van der Waals surface area contributed by atoms with Crippen molar-refractivity contribution in [2.45, 2.75) is 73.0 Å². The Morgan fingerprint density at radius 2 is 1.92 bits per heavy atom. The Morgan fingerprint density at radius 3 is 2.57 bits per heavy atom. The van der Waals surface area contributed by atoms with Gasteiger partial charge in [-0.1, -0.05) is 33.8 Å². The van der Waals surface area contributed by atoms with Gasteiger partial charge in [0.2, 0.25) is 0 Å². The number of hydrogen-bond acceptors (Lipinski definition) is 5. The topological polar surface area (TPSA) is 102 Å². The smallest absolute Gasteiger partial charge is 0.162 e. The molecule has 1 aromatic carbocycles. The van der Waals surface area contributed by atoms with Gasteiger partial charge < -0.3 is 21.0 Å². The van der Waals surface area contributed by atoms with Crippen molar-refractivity contribution in [3.05, 3.63) is 70.8 Å². The molecule has 200 valence electrons. The van der Waals surface area contributed by atoms with Crippen molar-refractivity contribution in [1.82, 2.24) is 9.38 Å². The van der Waals surface area contributed by atoms with Crippen molar-refractivity contribution in [3.8, 4) is 11.1 Å². The third kappa shape index (κ3) is 6.43. The predicted octanol–water partition coefficient (Wildman–Crippen LogP) is 5.55. The summed E-state index contributed by atoms with van der Waals surface area (Å²) in [4.78, 5) is 8.94. The number of pyridine rings is 1. The molecule has 0 aliphatic rings. The van der Waals surface area contributed by atoms with E-state index >= 15 is 4.39 Å². The number of nitrogens with two attached hydrogens (primary N) is 2. The number of aliphatic imine (C=N–C) groups is 1. The molecule has 3 aromatic rings. The highest BCUT2D eigenvalue weighted by molar-refractivity contribution is 5.99. The molecule has 0 amide bonds. The zero-order valence-electron chi connectivity index (χ0n) is 22.5.